The molecule has 1 heterocycles. The Balaban J connectivity index is 2.43. The van der Waals surface area contributed by atoms with E-state index in [0.29, 0.717) is 13.7 Å². The molecule has 0 unspecified atom stereocenters. The fourth-order valence-electron chi connectivity index (χ4n) is 1.40. The number of rotatable bonds is 2. The number of hydrogen-bond donors (Lipinski definition) is 0. The van der Waals surface area contributed by atoms with Gasteiger partial charge in [-0.15, -0.1) is 11.3 Å². The number of aryl methyl sites for hydroxylation is 1. The lowest BCUT2D eigenvalue weighted by Crippen LogP contribution is -2.02. The minimum Gasteiger partial charge on any atom is -0.288 e. The average Bonchev–Trinajstić information content (AvgIpc) is 2.58. The molecule has 0 spiro atoms. The highest BCUT2D eigenvalue weighted by Crippen LogP contribution is 2.33. The molecule has 17 heavy (non-hydrogen) atoms. The molecule has 0 bridgehead atoms. The Morgan fingerprint density at radius 3 is 2.65 bits per heavy atom. The highest BCUT2D eigenvalue weighted by molar-refractivity contribution is 9.11. The van der Waals surface area contributed by atoms with Crippen molar-refractivity contribution in [1.29, 1.82) is 0 Å². The summed E-state index contributed by atoms with van der Waals surface area (Å²) in [6, 6.07) is 6.09. The van der Waals surface area contributed by atoms with Crippen molar-refractivity contribution in [3.05, 3.63) is 54.9 Å². The topological polar surface area (TPSA) is 17.1 Å². The molecular weight excluding hydrogens is 327 g/mol. The Hall–Kier alpha value is -0.710. The zero-order chi connectivity index (χ0) is 12.6. The number of halogens is 3. The van der Waals surface area contributed by atoms with E-state index in [1.165, 1.54) is 29.5 Å². The van der Waals surface area contributed by atoms with Crippen LogP contribution >= 0.6 is 38.9 Å². The Morgan fingerprint density at radius 1 is 1.41 bits per heavy atom. The second kappa shape index (κ2) is 4.88. The number of benzene rings is 1. The fraction of sp³-hybridized carbons (Fsp3) is 0.0833. The van der Waals surface area contributed by atoms with Gasteiger partial charge in [0.1, 0.15) is 5.82 Å². The summed E-state index contributed by atoms with van der Waals surface area (Å²) in [5.74, 6) is -0.851. The molecule has 2 rings (SSSR count). The van der Waals surface area contributed by atoms with Gasteiger partial charge in [0.2, 0.25) is 5.78 Å². The lowest BCUT2D eigenvalue weighted by Gasteiger charge is -2.01. The maximum absolute atomic E-state index is 13.6. The third kappa shape index (κ3) is 2.59. The Bertz CT molecular complexity index is 575. The number of thiophene rings is 1. The molecule has 0 N–H and O–H groups in total. The van der Waals surface area contributed by atoms with Crippen LogP contribution in [0, 0.1) is 12.7 Å². The van der Waals surface area contributed by atoms with E-state index < -0.39 is 5.82 Å². The van der Waals surface area contributed by atoms with E-state index in [-0.39, 0.29) is 11.3 Å². The first-order chi connectivity index (χ1) is 7.99. The largest absolute Gasteiger partial charge is 0.288 e. The monoisotopic (exact) mass is 332 g/mol. The highest BCUT2D eigenvalue weighted by Gasteiger charge is 2.17. The smallest absolute Gasteiger partial charge is 0.205 e. The van der Waals surface area contributed by atoms with Crippen molar-refractivity contribution in [1.82, 2.24) is 0 Å². The molecular formula is C12H7BrClFOS. The maximum Gasteiger partial charge on any atom is 0.205 e. The van der Waals surface area contributed by atoms with Gasteiger partial charge in [0.05, 0.1) is 19.2 Å². The highest BCUT2D eigenvalue weighted by atomic mass is 79.9. The summed E-state index contributed by atoms with van der Waals surface area (Å²) in [6.07, 6.45) is 0. The van der Waals surface area contributed by atoms with Crippen LogP contribution in [-0.2, 0) is 0 Å². The molecule has 2 aromatic rings. The minimum atomic E-state index is -0.504. The van der Waals surface area contributed by atoms with Crippen LogP contribution in [0.15, 0.2) is 28.1 Å². The first-order valence-electron chi connectivity index (χ1n) is 4.74. The van der Waals surface area contributed by atoms with E-state index in [2.05, 4.69) is 15.9 Å². The molecule has 0 amide bonds. The van der Waals surface area contributed by atoms with Gasteiger partial charge in [-0.25, -0.2) is 4.39 Å². The lowest BCUT2D eigenvalue weighted by atomic mass is 10.1. The molecule has 1 aromatic carbocycles. The van der Waals surface area contributed by atoms with Gasteiger partial charge >= 0.3 is 0 Å². The quantitative estimate of drug-likeness (QED) is 0.719. The minimum absolute atomic E-state index is 0.0704. The van der Waals surface area contributed by atoms with Crippen LogP contribution in [0.25, 0.3) is 0 Å². The first kappa shape index (κ1) is 12.7. The molecule has 1 nitrogen and oxygen atoms in total. The van der Waals surface area contributed by atoms with Crippen LogP contribution in [0.5, 0.6) is 0 Å². The summed E-state index contributed by atoms with van der Waals surface area (Å²) in [4.78, 5) is 12.5. The molecule has 88 valence electrons. The molecule has 0 atom stereocenters. The van der Waals surface area contributed by atoms with Gasteiger partial charge < -0.3 is 0 Å². The maximum atomic E-state index is 13.6. The van der Waals surface area contributed by atoms with Crippen molar-refractivity contribution in [3.63, 3.8) is 0 Å². The van der Waals surface area contributed by atoms with Gasteiger partial charge in [0.15, 0.2) is 0 Å². The third-order valence-electron chi connectivity index (χ3n) is 2.24. The molecule has 5 heteroatoms. The van der Waals surface area contributed by atoms with E-state index in [1.807, 2.05) is 0 Å². The molecule has 1 aromatic heterocycles. The number of ketones is 1. The summed E-state index contributed by atoms with van der Waals surface area (Å²) in [5, 5.41) is 0.464. The van der Waals surface area contributed by atoms with Gasteiger partial charge in [-0.1, -0.05) is 17.7 Å². The molecule has 0 radical (unpaired) electrons. The van der Waals surface area contributed by atoms with Crippen LogP contribution in [0.3, 0.4) is 0 Å². The van der Waals surface area contributed by atoms with Crippen molar-refractivity contribution in [2.24, 2.45) is 0 Å². The number of carbonyl (C=O) groups is 1. The molecule has 0 fully saturated rings. The predicted molar refractivity (Wildman–Crippen MR) is 71.6 cm³/mol. The van der Waals surface area contributed by atoms with Crippen LogP contribution < -0.4 is 0 Å². The predicted octanol–water partition coefficient (Wildman–Crippen LogP) is 4.84. The van der Waals surface area contributed by atoms with Gasteiger partial charge in [-0.2, -0.15) is 0 Å². The van der Waals surface area contributed by atoms with E-state index >= 15 is 0 Å². The fourth-order valence-corrected chi connectivity index (χ4v) is 3.05. The Morgan fingerprint density at radius 2 is 2.12 bits per heavy atom. The van der Waals surface area contributed by atoms with Crippen LogP contribution in [0.4, 0.5) is 4.39 Å². The van der Waals surface area contributed by atoms with E-state index in [9.17, 15) is 9.18 Å². The van der Waals surface area contributed by atoms with Crippen LogP contribution in [-0.4, -0.2) is 5.78 Å². The Kier molecular flexibility index (Phi) is 3.66. The molecule has 0 saturated heterocycles. The zero-order valence-corrected chi connectivity index (χ0v) is 11.9. The normalized spacial score (nSPS) is 10.6. The summed E-state index contributed by atoms with van der Waals surface area (Å²) in [7, 11) is 0. The van der Waals surface area contributed by atoms with Crippen molar-refractivity contribution in [2.75, 3.05) is 0 Å². The second-order valence-electron chi connectivity index (χ2n) is 3.54. The summed E-state index contributed by atoms with van der Waals surface area (Å²) < 4.78 is 14.3. The van der Waals surface area contributed by atoms with Gasteiger partial charge in [-0.3, -0.25) is 4.79 Å². The molecule has 0 saturated carbocycles. The zero-order valence-electron chi connectivity index (χ0n) is 8.76. The summed E-state index contributed by atoms with van der Waals surface area (Å²) in [6.45, 7) is 1.77. The van der Waals surface area contributed by atoms with Gasteiger partial charge in [-0.05, 0) is 46.6 Å². The van der Waals surface area contributed by atoms with Crippen molar-refractivity contribution in [3.8, 4) is 0 Å². The van der Waals surface area contributed by atoms with E-state index in [1.54, 1.807) is 13.0 Å². The van der Waals surface area contributed by atoms with Crippen molar-refractivity contribution in [2.45, 2.75) is 6.92 Å². The molecule has 0 aliphatic carbocycles. The third-order valence-corrected chi connectivity index (χ3v) is 4.71. The summed E-state index contributed by atoms with van der Waals surface area (Å²) >= 11 is 10.3. The number of hydrogen-bond acceptors (Lipinski definition) is 2. The SMILES string of the molecule is Cc1ccc(C(=O)c2cc(Cl)c(Br)s2)c(F)c1. The van der Waals surface area contributed by atoms with Crippen molar-refractivity contribution >= 4 is 44.7 Å². The first-order valence-corrected chi connectivity index (χ1v) is 6.73. The van der Waals surface area contributed by atoms with Crippen molar-refractivity contribution < 1.29 is 9.18 Å². The van der Waals surface area contributed by atoms with E-state index in [4.69, 9.17) is 11.6 Å². The molecule has 0 aliphatic rings. The Labute approximate surface area is 115 Å². The lowest BCUT2D eigenvalue weighted by molar-refractivity contribution is 0.103. The number of carbonyl (C=O) groups excluding carboxylic acids is 1. The average molecular weight is 334 g/mol. The standard InChI is InChI=1S/C12H7BrClFOS/c1-6-2-3-7(9(15)4-6)11(16)10-5-8(14)12(13)17-10/h2-5H,1H3. The van der Waals surface area contributed by atoms with Crippen LogP contribution in [0.1, 0.15) is 20.8 Å². The molecule has 0 aliphatic heterocycles. The van der Waals surface area contributed by atoms with Gasteiger partial charge in [0, 0.05) is 0 Å². The van der Waals surface area contributed by atoms with Gasteiger partial charge in [0.25, 0.3) is 0 Å². The van der Waals surface area contributed by atoms with Crippen LogP contribution in [0.2, 0.25) is 5.02 Å². The second-order valence-corrected chi connectivity index (χ2v) is 6.32. The summed E-state index contributed by atoms with van der Waals surface area (Å²) in [5.41, 5.74) is 0.852. The van der Waals surface area contributed by atoms with E-state index in [0.717, 1.165) is 5.56 Å².